The Morgan fingerprint density at radius 2 is 1.78 bits per heavy atom. The van der Waals surface area contributed by atoms with Crippen molar-refractivity contribution >= 4 is 0 Å². The molecule has 0 heterocycles. The first-order chi connectivity index (χ1) is 8.47. The van der Waals surface area contributed by atoms with Gasteiger partial charge in [-0.15, -0.1) is 0 Å². The maximum absolute atomic E-state index is 9.08. The Kier molecular flexibility index (Phi) is 5.63. The van der Waals surface area contributed by atoms with Gasteiger partial charge in [0, 0.05) is 6.61 Å². The standard InChI is InChI=1S/C15H24O3/c1-5-17-14(10-16)11-18-13-8-6-12(7-9-13)15(2,3)4/h6-9,14,16H,5,10-11H2,1-4H3. The van der Waals surface area contributed by atoms with Crippen LogP contribution in [0.25, 0.3) is 0 Å². The predicted molar refractivity (Wildman–Crippen MR) is 73.1 cm³/mol. The molecule has 102 valence electrons. The quantitative estimate of drug-likeness (QED) is 0.846. The Bertz CT molecular complexity index is 338. The first kappa shape index (κ1) is 15.0. The number of hydrogen-bond acceptors (Lipinski definition) is 3. The van der Waals surface area contributed by atoms with E-state index in [0.29, 0.717) is 13.2 Å². The number of aliphatic hydroxyl groups is 1. The van der Waals surface area contributed by atoms with Gasteiger partial charge in [0.2, 0.25) is 0 Å². The Balaban J connectivity index is 2.53. The molecule has 0 aliphatic heterocycles. The summed E-state index contributed by atoms with van der Waals surface area (Å²) in [5.41, 5.74) is 1.43. The molecule has 1 atom stereocenters. The molecule has 0 aliphatic rings. The molecule has 0 aromatic heterocycles. The van der Waals surface area contributed by atoms with Gasteiger partial charge in [0.25, 0.3) is 0 Å². The molecule has 1 unspecified atom stereocenters. The van der Waals surface area contributed by atoms with Gasteiger partial charge in [0.15, 0.2) is 0 Å². The third-order valence-corrected chi connectivity index (χ3v) is 2.76. The van der Waals surface area contributed by atoms with E-state index >= 15 is 0 Å². The van der Waals surface area contributed by atoms with Gasteiger partial charge in [-0.25, -0.2) is 0 Å². The highest BCUT2D eigenvalue weighted by atomic mass is 16.5. The molecule has 1 rings (SSSR count). The molecule has 0 fully saturated rings. The normalized spacial score (nSPS) is 13.4. The minimum Gasteiger partial charge on any atom is -0.491 e. The zero-order valence-corrected chi connectivity index (χ0v) is 11.8. The largest absolute Gasteiger partial charge is 0.491 e. The number of hydrogen-bond donors (Lipinski definition) is 1. The van der Waals surface area contributed by atoms with Crippen LogP contribution in [0.4, 0.5) is 0 Å². The predicted octanol–water partition coefficient (Wildman–Crippen LogP) is 2.76. The average Bonchev–Trinajstić information content (AvgIpc) is 2.34. The molecule has 0 saturated heterocycles. The Morgan fingerprint density at radius 1 is 1.17 bits per heavy atom. The lowest BCUT2D eigenvalue weighted by molar-refractivity contribution is -0.00764. The summed E-state index contributed by atoms with van der Waals surface area (Å²) < 4.78 is 10.9. The van der Waals surface area contributed by atoms with Crippen molar-refractivity contribution in [3.63, 3.8) is 0 Å². The van der Waals surface area contributed by atoms with Gasteiger partial charge in [-0.1, -0.05) is 32.9 Å². The van der Waals surface area contributed by atoms with E-state index in [9.17, 15) is 0 Å². The molecule has 3 heteroatoms. The maximum atomic E-state index is 9.08. The fourth-order valence-electron chi connectivity index (χ4n) is 1.63. The van der Waals surface area contributed by atoms with Gasteiger partial charge in [-0.2, -0.15) is 0 Å². The first-order valence-electron chi connectivity index (χ1n) is 6.43. The monoisotopic (exact) mass is 252 g/mol. The summed E-state index contributed by atoms with van der Waals surface area (Å²) in [6.07, 6.45) is -0.253. The van der Waals surface area contributed by atoms with Crippen LogP contribution < -0.4 is 4.74 Å². The van der Waals surface area contributed by atoms with Gasteiger partial charge in [0.1, 0.15) is 18.5 Å². The van der Waals surface area contributed by atoms with Crippen molar-refractivity contribution in [2.75, 3.05) is 19.8 Å². The molecule has 0 radical (unpaired) electrons. The molecular weight excluding hydrogens is 228 g/mol. The fraction of sp³-hybridized carbons (Fsp3) is 0.600. The smallest absolute Gasteiger partial charge is 0.119 e. The molecule has 0 saturated carbocycles. The minimum atomic E-state index is -0.253. The zero-order chi connectivity index (χ0) is 13.6. The van der Waals surface area contributed by atoms with Crippen LogP contribution in [-0.4, -0.2) is 31.0 Å². The van der Waals surface area contributed by atoms with Crippen molar-refractivity contribution < 1.29 is 14.6 Å². The summed E-state index contributed by atoms with van der Waals surface area (Å²) in [4.78, 5) is 0. The van der Waals surface area contributed by atoms with Gasteiger partial charge in [-0.3, -0.25) is 0 Å². The lowest BCUT2D eigenvalue weighted by Gasteiger charge is -2.20. The van der Waals surface area contributed by atoms with Crippen molar-refractivity contribution in [3.05, 3.63) is 29.8 Å². The van der Waals surface area contributed by atoms with Crippen LogP contribution in [0.15, 0.2) is 24.3 Å². The second-order valence-electron chi connectivity index (χ2n) is 5.35. The van der Waals surface area contributed by atoms with E-state index in [4.69, 9.17) is 14.6 Å². The summed E-state index contributed by atoms with van der Waals surface area (Å²) in [6, 6.07) is 8.07. The van der Waals surface area contributed by atoms with Crippen molar-refractivity contribution in [1.29, 1.82) is 0 Å². The Labute approximate surface area is 110 Å². The van der Waals surface area contributed by atoms with E-state index in [2.05, 4.69) is 32.9 Å². The molecule has 1 aromatic rings. The van der Waals surface area contributed by atoms with Crippen LogP contribution in [0.2, 0.25) is 0 Å². The summed E-state index contributed by atoms with van der Waals surface area (Å²) in [5.74, 6) is 0.807. The van der Waals surface area contributed by atoms with Crippen LogP contribution in [-0.2, 0) is 10.2 Å². The van der Waals surface area contributed by atoms with E-state index in [-0.39, 0.29) is 18.1 Å². The lowest BCUT2D eigenvalue weighted by atomic mass is 9.87. The molecule has 1 N–H and O–H groups in total. The Morgan fingerprint density at radius 3 is 2.22 bits per heavy atom. The molecule has 0 bridgehead atoms. The molecular formula is C15H24O3. The third kappa shape index (κ3) is 4.67. The number of ether oxygens (including phenoxy) is 2. The Hall–Kier alpha value is -1.06. The third-order valence-electron chi connectivity index (χ3n) is 2.76. The number of rotatable bonds is 6. The van der Waals surface area contributed by atoms with Crippen molar-refractivity contribution in [2.24, 2.45) is 0 Å². The van der Waals surface area contributed by atoms with E-state index < -0.39 is 0 Å². The second kappa shape index (κ2) is 6.76. The van der Waals surface area contributed by atoms with Crippen LogP contribution in [0.1, 0.15) is 33.3 Å². The van der Waals surface area contributed by atoms with Crippen LogP contribution >= 0.6 is 0 Å². The topological polar surface area (TPSA) is 38.7 Å². The highest BCUT2D eigenvalue weighted by Gasteiger charge is 2.13. The van der Waals surface area contributed by atoms with Crippen molar-refractivity contribution in [3.8, 4) is 5.75 Å². The molecule has 0 spiro atoms. The summed E-state index contributed by atoms with van der Waals surface area (Å²) in [5, 5.41) is 9.08. The van der Waals surface area contributed by atoms with Gasteiger partial charge >= 0.3 is 0 Å². The SMILES string of the molecule is CCOC(CO)COc1ccc(C(C)(C)C)cc1. The highest BCUT2D eigenvalue weighted by Crippen LogP contribution is 2.24. The second-order valence-corrected chi connectivity index (χ2v) is 5.35. The molecule has 3 nitrogen and oxygen atoms in total. The lowest BCUT2D eigenvalue weighted by Crippen LogP contribution is -2.25. The maximum Gasteiger partial charge on any atom is 0.119 e. The van der Waals surface area contributed by atoms with Gasteiger partial charge in [-0.05, 0) is 30.0 Å². The molecule has 18 heavy (non-hydrogen) atoms. The average molecular weight is 252 g/mol. The van der Waals surface area contributed by atoms with Crippen LogP contribution in [0, 0.1) is 0 Å². The first-order valence-corrected chi connectivity index (χ1v) is 6.43. The molecule has 0 aliphatic carbocycles. The number of benzene rings is 1. The zero-order valence-electron chi connectivity index (χ0n) is 11.8. The van der Waals surface area contributed by atoms with Crippen LogP contribution in [0.3, 0.4) is 0 Å². The number of aliphatic hydroxyl groups excluding tert-OH is 1. The molecule has 1 aromatic carbocycles. The summed E-state index contributed by atoms with van der Waals surface area (Å²) in [6.45, 7) is 9.38. The van der Waals surface area contributed by atoms with Crippen molar-refractivity contribution in [2.45, 2.75) is 39.2 Å². The summed E-state index contributed by atoms with van der Waals surface area (Å²) >= 11 is 0. The van der Waals surface area contributed by atoms with E-state index in [0.717, 1.165) is 5.75 Å². The van der Waals surface area contributed by atoms with Crippen LogP contribution in [0.5, 0.6) is 5.75 Å². The van der Waals surface area contributed by atoms with E-state index in [1.54, 1.807) is 0 Å². The van der Waals surface area contributed by atoms with E-state index in [1.807, 2.05) is 19.1 Å². The van der Waals surface area contributed by atoms with Gasteiger partial charge < -0.3 is 14.6 Å². The highest BCUT2D eigenvalue weighted by molar-refractivity contribution is 5.31. The minimum absolute atomic E-state index is 0.0199. The fourth-order valence-corrected chi connectivity index (χ4v) is 1.63. The van der Waals surface area contributed by atoms with Crippen molar-refractivity contribution in [1.82, 2.24) is 0 Å². The van der Waals surface area contributed by atoms with Gasteiger partial charge in [0.05, 0.1) is 6.61 Å². The van der Waals surface area contributed by atoms with E-state index in [1.165, 1.54) is 5.56 Å². The molecule has 0 amide bonds. The summed E-state index contributed by atoms with van der Waals surface area (Å²) in [7, 11) is 0.